The molecule has 0 radical (unpaired) electrons. The largest absolute Gasteiger partial charge is 0.322 e. The minimum absolute atomic E-state index is 0.0412. The Morgan fingerprint density at radius 3 is 2.80 bits per heavy atom. The van der Waals surface area contributed by atoms with Gasteiger partial charge in [-0.05, 0) is 18.6 Å². The second kappa shape index (κ2) is 5.24. The van der Waals surface area contributed by atoms with Crippen LogP contribution < -0.4 is 5.73 Å². The van der Waals surface area contributed by atoms with E-state index in [0.717, 1.165) is 0 Å². The molecular formula is C11H13ClFNO. The lowest BCUT2D eigenvalue weighted by Crippen LogP contribution is -2.31. The summed E-state index contributed by atoms with van der Waals surface area (Å²) in [6.45, 7) is 1.81. The highest BCUT2D eigenvalue weighted by atomic mass is 35.5. The summed E-state index contributed by atoms with van der Waals surface area (Å²) >= 11 is 5.79. The van der Waals surface area contributed by atoms with Crippen LogP contribution in [0.4, 0.5) is 4.39 Å². The molecule has 0 aliphatic carbocycles. The lowest BCUT2D eigenvalue weighted by atomic mass is 10.0. The Morgan fingerprint density at radius 1 is 1.60 bits per heavy atom. The molecular weight excluding hydrogens is 217 g/mol. The quantitative estimate of drug-likeness (QED) is 0.861. The summed E-state index contributed by atoms with van der Waals surface area (Å²) in [4.78, 5) is 11.5. The van der Waals surface area contributed by atoms with Crippen molar-refractivity contribution in [2.24, 2.45) is 5.73 Å². The molecule has 0 bridgehead atoms. The van der Waals surface area contributed by atoms with Crippen LogP contribution in [-0.2, 0) is 11.2 Å². The summed E-state index contributed by atoms with van der Waals surface area (Å²) in [6, 6.07) is 3.81. The van der Waals surface area contributed by atoms with Gasteiger partial charge in [-0.3, -0.25) is 4.79 Å². The molecule has 1 rings (SSSR count). The molecule has 1 aromatic carbocycles. The van der Waals surface area contributed by atoms with Crippen LogP contribution in [0.5, 0.6) is 0 Å². The molecule has 0 aliphatic heterocycles. The molecule has 82 valence electrons. The highest BCUT2D eigenvalue weighted by molar-refractivity contribution is 6.31. The summed E-state index contributed by atoms with van der Waals surface area (Å²) in [5.41, 5.74) is 5.78. The van der Waals surface area contributed by atoms with Crippen molar-refractivity contribution in [3.63, 3.8) is 0 Å². The molecule has 0 aromatic heterocycles. The summed E-state index contributed by atoms with van der Waals surface area (Å²) in [5, 5.41) is 0.270. The maximum absolute atomic E-state index is 13.3. The van der Waals surface area contributed by atoms with Crippen molar-refractivity contribution < 1.29 is 9.18 Å². The summed E-state index contributed by atoms with van der Waals surface area (Å²) < 4.78 is 13.3. The van der Waals surface area contributed by atoms with Gasteiger partial charge >= 0.3 is 0 Å². The van der Waals surface area contributed by atoms with Gasteiger partial charge in [0.25, 0.3) is 0 Å². The predicted octanol–water partition coefficient (Wildman–Crippen LogP) is 2.33. The fourth-order valence-electron chi connectivity index (χ4n) is 1.23. The first-order valence-electron chi connectivity index (χ1n) is 4.77. The van der Waals surface area contributed by atoms with Crippen LogP contribution in [-0.4, -0.2) is 11.8 Å². The van der Waals surface area contributed by atoms with E-state index in [0.29, 0.717) is 6.42 Å². The molecule has 15 heavy (non-hydrogen) atoms. The van der Waals surface area contributed by atoms with Crippen LogP contribution in [0.2, 0.25) is 5.02 Å². The van der Waals surface area contributed by atoms with E-state index in [4.69, 9.17) is 17.3 Å². The van der Waals surface area contributed by atoms with Crippen molar-refractivity contribution in [2.75, 3.05) is 0 Å². The van der Waals surface area contributed by atoms with E-state index in [-0.39, 0.29) is 22.8 Å². The smallest absolute Gasteiger partial charge is 0.154 e. The molecule has 0 fully saturated rings. The van der Waals surface area contributed by atoms with Gasteiger partial charge in [0.15, 0.2) is 5.78 Å². The van der Waals surface area contributed by atoms with E-state index in [9.17, 15) is 9.18 Å². The number of hydrogen-bond acceptors (Lipinski definition) is 2. The topological polar surface area (TPSA) is 43.1 Å². The Balaban J connectivity index is 2.85. The van der Waals surface area contributed by atoms with Crippen LogP contribution in [0.25, 0.3) is 0 Å². The number of carbonyl (C=O) groups excluding carboxylic acids is 1. The van der Waals surface area contributed by atoms with Crippen molar-refractivity contribution >= 4 is 17.4 Å². The number of halogens is 2. The molecule has 1 unspecified atom stereocenters. The first-order valence-corrected chi connectivity index (χ1v) is 5.15. The third-order valence-electron chi connectivity index (χ3n) is 2.27. The second-order valence-corrected chi connectivity index (χ2v) is 3.77. The van der Waals surface area contributed by atoms with Gasteiger partial charge in [0.2, 0.25) is 0 Å². The van der Waals surface area contributed by atoms with E-state index < -0.39 is 11.9 Å². The zero-order valence-electron chi connectivity index (χ0n) is 8.47. The van der Waals surface area contributed by atoms with Crippen molar-refractivity contribution in [1.29, 1.82) is 0 Å². The first kappa shape index (κ1) is 12.1. The van der Waals surface area contributed by atoms with Gasteiger partial charge < -0.3 is 5.73 Å². The van der Waals surface area contributed by atoms with E-state index >= 15 is 0 Å². The molecule has 2 nitrogen and oxygen atoms in total. The number of Topliss-reactive ketones (excluding diaryl/α,β-unsaturated/α-hetero) is 1. The van der Waals surface area contributed by atoms with Gasteiger partial charge in [-0.1, -0.05) is 24.6 Å². The molecule has 0 saturated carbocycles. The molecule has 2 N–H and O–H groups in total. The van der Waals surface area contributed by atoms with E-state index in [2.05, 4.69) is 0 Å². The van der Waals surface area contributed by atoms with Crippen LogP contribution >= 0.6 is 11.6 Å². The number of ketones is 1. The molecule has 0 amide bonds. The van der Waals surface area contributed by atoms with Crippen molar-refractivity contribution in [3.8, 4) is 0 Å². The van der Waals surface area contributed by atoms with Crippen molar-refractivity contribution in [2.45, 2.75) is 25.8 Å². The SMILES string of the molecule is CCC(N)C(=O)Cc1c(F)cccc1Cl. The van der Waals surface area contributed by atoms with Gasteiger partial charge in [0.05, 0.1) is 6.04 Å². The third-order valence-corrected chi connectivity index (χ3v) is 2.62. The molecule has 0 saturated heterocycles. The number of benzene rings is 1. The monoisotopic (exact) mass is 229 g/mol. The second-order valence-electron chi connectivity index (χ2n) is 3.36. The average molecular weight is 230 g/mol. The molecule has 1 aromatic rings. The number of hydrogen-bond donors (Lipinski definition) is 1. The number of nitrogens with two attached hydrogens (primary N) is 1. The Labute approximate surface area is 93.2 Å². The van der Waals surface area contributed by atoms with Crippen molar-refractivity contribution in [3.05, 3.63) is 34.6 Å². The van der Waals surface area contributed by atoms with Crippen LogP contribution in [0.3, 0.4) is 0 Å². The Kier molecular flexibility index (Phi) is 4.24. The standard InChI is InChI=1S/C11H13ClFNO/c1-2-10(14)11(15)6-7-8(12)4-3-5-9(7)13/h3-5,10H,2,6,14H2,1H3. The van der Waals surface area contributed by atoms with Crippen LogP contribution in [0, 0.1) is 5.82 Å². The first-order chi connectivity index (χ1) is 7.06. The Morgan fingerprint density at radius 2 is 2.27 bits per heavy atom. The van der Waals surface area contributed by atoms with E-state index in [1.807, 2.05) is 6.92 Å². The zero-order chi connectivity index (χ0) is 11.4. The van der Waals surface area contributed by atoms with E-state index in [1.54, 1.807) is 6.07 Å². The molecule has 4 heteroatoms. The van der Waals surface area contributed by atoms with Gasteiger partial charge in [-0.15, -0.1) is 0 Å². The summed E-state index contributed by atoms with van der Waals surface area (Å²) in [5.74, 6) is -0.649. The van der Waals surface area contributed by atoms with Gasteiger partial charge in [-0.25, -0.2) is 4.39 Å². The maximum atomic E-state index is 13.3. The zero-order valence-corrected chi connectivity index (χ0v) is 9.22. The van der Waals surface area contributed by atoms with E-state index in [1.165, 1.54) is 12.1 Å². The lowest BCUT2D eigenvalue weighted by Gasteiger charge is -2.09. The predicted molar refractivity (Wildman–Crippen MR) is 58.4 cm³/mol. The lowest BCUT2D eigenvalue weighted by molar-refractivity contribution is -0.119. The molecule has 0 spiro atoms. The average Bonchev–Trinajstić information content (AvgIpc) is 2.22. The highest BCUT2D eigenvalue weighted by Gasteiger charge is 2.16. The highest BCUT2D eigenvalue weighted by Crippen LogP contribution is 2.20. The maximum Gasteiger partial charge on any atom is 0.154 e. The van der Waals surface area contributed by atoms with Gasteiger partial charge in [0.1, 0.15) is 5.82 Å². The molecule has 1 atom stereocenters. The summed E-state index contributed by atoms with van der Waals surface area (Å²) in [6.07, 6.45) is 0.505. The minimum atomic E-state index is -0.541. The molecule has 0 heterocycles. The Bertz CT molecular complexity index is 347. The van der Waals surface area contributed by atoms with Crippen molar-refractivity contribution in [1.82, 2.24) is 0 Å². The fourth-order valence-corrected chi connectivity index (χ4v) is 1.46. The Hall–Kier alpha value is -0.930. The van der Waals surface area contributed by atoms with Gasteiger partial charge in [-0.2, -0.15) is 0 Å². The number of carbonyl (C=O) groups is 1. The third kappa shape index (κ3) is 3.01. The van der Waals surface area contributed by atoms with Crippen LogP contribution in [0.15, 0.2) is 18.2 Å². The van der Waals surface area contributed by atoms with Crippen LogP contribution in [0.1, 0.15) is 18.9 Å². The molecule has 0 aliphatic rings. The number of rotatable bonds is 4. The van der Waals surface area contributed by atoms with Gasteiger partial charge in [0, 0.05) is 17.0 Å². The fraction of sp³-hybridized carbons (Fsp3) is 0.364. The minimum Gasteiger partial charge on any atom is -0.322 e. The summed E-state index contributed by atoms with van der Waals surface area (Å²) in [7, 11) is 0. The normalized spacial score (nSPS) is 12.5.